The summed E-state index contributed by atoms with van der Waals surface area (Å²) in [7, 11) is 0. The summed E-state index contributed by atoms with van der Waals surface area (Å²) in [6.45, 7) is -0.0347. The van der Waals surface area contributed by atoms with Crippen molar-refractivity contribution in [3.63, 3.8) is 0 Å². The second-order valence-corrected chi connectivity index (χ2v) is 10.4. The van der Waals surface area contributed by atoms with Gasteiger partial charge in [0.25, 0.3) is 5.56 Å². The van der Waals surface area contributed by atoms with Crippen LogP contribution in [0.5, 0.6) is 0 Å². The lowest BCUT2D eigenvalue weighted by Gasteiger charge is -2.10. The molecule has 0 aromatic carbocycles. The first-order chi connectivity index (χ1) is 17.9. The van der Waals surface area contributed by atoms with Crippen LogP contribution in [0.1, 0.15) is 25.0 Å². The van der Waals surface area contributed by atoms with Gasteiger partial charge in [-0.1, -0.05) is 11.6 Å². The molecule has 0 unspecified atom stereocenters. The molecule has 0 aliphatic rings. The Balaban J connectivity index is 1.56. The Morgan fingerprint density at radius 2 is 2.00 bits per heavy atom. The number of ketones is 1. The van der Waals surface area contributed by atoms with Crippen molar-refractivity contribution in [2.75, 3.05) is 5.32 Å². The zero-order valence-electron chi connectivity index (χ0n) is 18.8. The van der Waals surface area contributed by atoms with Crippen molar-refractivity contribution >= 4 is 51.8 Å². The Morgan fingerprint density at radius 1 is 1.14 bits per heavy atom. The van der Waals surface area contributed by atoms with Crippen molar-refractivity contribution in [2.24, 2.45) is 0 Å². The van der Waals surface area contributed by atoms with Crippen molar-refractivity contribution in [3.8, 4) is 11.4 Å². The maximum atomic E-state index is 14.4. The third-order valence-electron chi connectivity index (χ3n) is 5.23. The molecule has 37 heavy (non-hydrogen) atoms. The van der Waals surface area contributed by atoms with Crippen LogP contribution in [0.3, 0.4) is 0 Å². The molecular formula is C24H16ClFN6O3S2. The molecule has 5 aromatic rings. The maximum absolute atomic E-state index is 14.4. The lowest BCUT2D eigenvalue weighted by Crippen LogP contribution is -2.26. The van der Waals surface area contributed by atoms with Gasteiger partial charge in [-0.3, -0.25) is 23.9 Å². The molecular weight excluding hydrogens is 539 g/mol. The van der Waals surface area contributed by atoms with Crippen molar-refractivity contribution in [2.45, 2.75) is 13.1 Å². The topological polar surface area (TPSA) is 112 Å². The smallest absolute Gasteiger partial charge is 0.309 e. The molecule has 0 aliphatic carbocycles. The number of anilines is 1. The molecule has 0 saturated carbocycles. The Kier molecular flexibility index (Phi) is 7.04. The predicted molar refractivity (Wildman–Crippen MR) is 139 cm³/mol. The van der Waals surface area contributed by atoms with E-state index in [1.165, 1.54) is 36.0 Å². The summed E-state index contributed by atoms with van der Waals surface area (Å²) < 4.78 is 17.2. The maximum Gasteiger partial charge on any atom is 0.309 e. The molecule has 5 heterocycles. The fourth-order valence-corrected chi connectivity index (χ4v) is 5.12. The van der Waals surface area contributed by atoms with Gasteiger partial charge in [-0.05, 0) is 24.3 Å². The van der Waals surface area contributed by atoms with E-state index in [0.717, 1.165) is 37.6 Å². The monoisotopic (exact) mass is 554 g/mol. The molecule has 5 aromatic heterocycles. The third kappa shape index (κ3) is 5.40. The van der Waals surface area contributed by atoms with E-state index >= 15 is 0 Å². The van der Waals surface area contributed by atoms with E-state index in [-0.39, 0.29) is 22.9 Å². The van der Waals surface area contributed by atoms with Crippen LogP contribution in [0.4, 0.5) is 10.2 Å². The van der Waals surface area contributed by atoms with Crippen molar-refractivity contribution in [1.82, 2.24) is 24.3 Å². The molecule has 0 amide bonds. The largest absolute Gasteiger partial charge is 0.365 e. The highest BCUT2D eigenvalue weighted by Gasteiger charge is 2.22. The first kappa shape index (κ1) is 24.7. The van der Waals surface area contributed by atoms with E-state index in [9.17, 15) is 18.8 Å². The van der Waals surface area contributed by atoms with Gasteiger partial charge >= 0.3 is 5.91 Å². The molecule has 186 valence electrons. The first-order valence-electron chi connectivity index (χ1n) is 10.8. The van der Waals surface area contributed by atoms with Gasteiger partial charge in [0, 0.05) is 52.6 Å². The van der Waals surface area contributed by atoms with Crippen LogP contribution in [0.2, 0.25) is 4.34 Å². The number of pyridine rings is 2. The van der Waals surface area contributed by atoms with Gasteiger partial charge in [0.2, 0.25) is 0 Å². The molecule has 13 heteroatoms. The van der Waals surface area contributed by atoms with Crippen LogP contribution in [-0.4, -0.2) is 36.0 Å². The fraction of sp³-hybridized carbons (Fsp3) is 0.0833. The van der Waals surface area contributed by atoms with E-state index in [1.807, 2.05) is 6.07 Å². The van der Waals surface area contributed by atoms with Crippen LogP contribution >= 0.6 is 34.3 Å². The van der Waals surface area contributed by atoms with Crippen molar-refractivity contribution in [1.29, 1.82) is 0 Å². The molecule has 0 spiro atoms. The van der Waals surface area contributed by atoms with E-state index in [2.05, 4.69) is 20.4 Å². The van der Waals surface area contributed by atoms with E-state index < -0.39 is 23.1 Å². The number of nitrogens with zero attached hydrogens (tertiary/aromatic N) is 5. The van der Waals surface area contributed by atoms with Crippen LogP contribution in [0, 0.1) is 5.82 Å². The Labute approximate surface area is 221 Å². The highest BCUT2D eigenvalue weighted by atomic mass is 35.5. The number of hydrogen-bond acceptors (Lipinski definition) is 9. The number of nitrogens with one attached hydrogen (secondary N) is 1. The summed E-state index contributed by atoms with van der Waals surface area (Å²) in [4.78, 5) is 47.6. The molecule has 0 bridgehead atoms. The predicted octanol–water partition coefficient (Wildman–Crippen LogP) is 4.60. The second kappa shape index (κ2) is 10.5. The lowest BCUT2D eigenvalue weighted by atomic mass is 10.1. The lowest BCUT2D eigenvalue weighted by molar-refractivity contribution is 0.0944. The summed E-state index contributed by atoms with van der Waals surface area (Å²) in [5.41, 5.74) is -0.274. The zero-order valence-corrected chi connectivity index (χ0v) is 21.2. The van der Waals surface area contributed by atoms with Crippen LogP contribution in [-0.2, 0) is 13.1 Å². The zero-order chi connectivity index (χ0) is 25.9. The van der Waals surface area contributed by atoms with Crippen LogP contribution < -0.4 is 10.9 Å². The number of halogens is 2. The Bertz CT molecular complexity index is 1650. The number of carbonyl (C=O) groups is 2. The van der Waals surface area contributed by atoms with Gasteiger partial charge in [0.05, 0.1) is 23.1 Å². The number of rotatable bonds is 8. The van der Waals surface area contributed by atoms with Gasteiger partial charge in [0.15, 0.2) is 10.8 Å². The summed E-state index contributed by atoms with van der Waals surface area (Å²) in [5, 5.41) is 9.37. The molecule has 0 fully saturated rings. The van der Waals surface area contributed by atoms with Gasteiger partial charge in [0.1, 0.15) is 17.3 Å². The molecule has 0 saturated heterocycles. The van der Waals surface area contributed by atoms with E-state index in [1.54, 1.807) is 23.6 Å². The number of thiazole rings is 1. The Morgan fingerprint density at radius 3 is 2.70 bits per heavy atom. The van der Waals surface area contributed by atoms with Gasteiger partial charge in [-0.25, -0.2) is 9.37 Å². The normalized spacial score (nSPS) is 11.0. The van der Waals surface area contributed by atoms with Crippen LogP contribution in [0.15, 0.2) is 71.2 Å². The minimum Gasteiger partial charge on any atom is -0.365 e. The minimum absolute atomic E-state index is 0.0372. The van der Waals surface area contributed by atoms with Gasteiger partial charge in [-0.15, -0.1) is 22.7 Å². The van der Waals surface area contributed by atoms with E-state index in [4.69, 9.17) is 11.6 Å². The number of aromatic nitrogens is 5. The molecule has 9 nitrogen and oxygen atoms in total. The summed E-state index contributed by atoms with van der Waals surface area (Å²) >= 11 is 8.54. The first-order valence-corrected chi connectivity index (χ1v) is 12.8. The minimum atomic E-state index is -0.798. The van der Waals surface area contributed by atoms with Crippen molar-refractivity contribution < 1.29 is 14.0 Å². The van der Waals surface area contributed by atoms with E-state index in [0.29, 0.717) is 22.3 Å². The van der Waals surface area contributed by atoms with Gasteiger partial charge < -0.3 is 5.32 Å². The second-order valence-electron chi connectivity index (χ2n) is 7.68. The summed E-state index contributed by atoms with van der Waals surface area (Å²) in [6.07, 6.45) is 4.41. The summed E-state index contributed by atoms with van der Waals surface area (Å²) in [5.74, 6) is -1.41. The van der Waals surface area contributed by atoms with Crippen molar-refractivity contribution in [3.05, 3.63) is 102 Å². The number of hydrogen-bond donors (Lipinski definition) is 1. The highest BCUT2D eigenvalue weighted by molar-refractivity contribution is 7.16. The highest BCUT2D eigenvalue weighted by Crippen LogP contribution is 2.26. The summed E-state index contributed by atoms with van der Waals surface area (Å²) in [6, 6.07) is 10.2. The number of carbonyl (C=O) groups excluding carboxylic acids is 2. The average molecular weight is 555 g/mol. The standard InChI is InChI=1S/C24H16ClFN6O3S2/c25-20-4-3-16(37-20)12-29-21-10-17(30-32(21)24(35)23-28-6-7-36-23)18-8-15(26)9-22(34)31(18)13-19(33)14-2-1-5-27-11-14/h1-11,29H,12-13H2. The average Bonchev–Trinajstić information content (AvgIpc) is 3.65. The molecule has 0 atom stereocenters. The number of Topliss-reactive ketones (excluding diaryl/α,β-unsaturated/α-hetero) is 1. The Hall–Kier alpha value is -4.00. The molecule has 1 N–H and O–H groups in total. The molecule has 0 radical (unpaired) electrons. The van der Waals surface area contributed by atoms with Gasteiger partial charge in [-0.2, -0.15) is 9.78 Å². The third-order valence-corrected chi connectivity index (χ3v) is 7.22. The number of thiophene rings is 1. The molecule has 5 rings (SSSR count). The quantitative estimate of drug-likeness (QED) is 0.279. The fourth-order valence-electron chi connectivity index (χ4n) is 3.53. The van der Waals surface area contributed by atoms with Crippen LogP contribution in [0.25, 0.3) is 11.4 Å². The SMILES string of the molecule is O=C(Cn1c(-c2cc(NCc3ccc(Cl)s3)n(C(=O)c3nccs3)n2)cc(F)cc1=O)c1cccnc1. The molecule has 0 aliphatic heterocycles.